The second-order valence-corrected chi connectivity index (χ2v) is 7.56. The second-order valence-electron chi connectivity index (χ2n) is 7.56. The molecule has 1 aromatic rings. The van der Waals surface area contributed by atoms with E-state index in [0.717, 1.165) is 51.6 Å². The lowest BCUT2D eigenvalue weighted by Crippen LogP contribution is -2.51. The van der Waals surface area contributed by atoms with Gasteiger partial charge in [-0.3, -0.25) is 4.90 Å². The number of carbonyl (C=O) groups is 1. The molecule has 2 amide bonds. The van der Waals surface area contributed by atoms with Gasteiger partial charge in [0.25, 0.3) is 0 Å². The number of carbonyl (C=O) groups excluding carboxylic acids is 1. The summed E-state index contributed by atoms with van der Waals surface area (Å²) in [6.45, 7) is 1.84. The first-order chi connectivity index (χ1) is 11.6. The van der Waals surface area contributed by atoms with E-state index in [1.807, 2.05) is 4.90 Å². The third kappa shape index (κ3) is 3.59. The molecule has 1 aliphatic carbocycles. The predicted molar refractivity (Wildman–Crippen MR) is 98.0 cm³/mol. The van der Waals surface area contributed by atoms with E-state index in [0.29, 0.717) is 6.04 Å². The molecule has 0 aromatic heterocycles. The van der Waals surface area contributed by atoms with Crippen molar-refractivity contribution < 1.29 is 4.79 Å². The molecule has 3 rings (SSSR count). The number of hydrogen-bond donors (Lipinski definition) is 1. The molecule has 1 saturated heterocycles. The summed E-state index contributed by atoms with van der Waals surface area (Å²) in [7, 11) is 4.36. The van der Waals surface area contributed by atoms with Crippen LogP contribution in [0.25, 0.3) is 0 Å². The number of benzene rings is 1. The fraction of sp³-hybridized carbons (Fsp3) is 0.650. The van der Waals surface area contributed by atoms with Crippen molar-refractivity contribution in [3.8, 4) is 0 Å². The third-order valence-corrected chi connectivity index (χ3v) is 5.95. The largest absolute Gasteiger partial charge is 0.335 e. The number of amides is 2. The number of urea groups is 1. The van der Waals surface area contributed by atoms with E-state index in [1.165, 1.54) is 12.0 Å². The quantitative estimate of drug-likeness (QED) is 0.920. The Balaban J connectivity index is 1.60. The van der Waals surface area contributed by atoms with Crippen LogP contribution in [-0.2, 0) is 5.54 Å². The lowest BCUT2D eigenvalue weighted by Gasteiger charge is -2.46. The standard InChI is InChI=1S/C20H31N3O/c1-22(2)20(17-9-5-3-6-10-17)13-11-18(12-14-20)21-19(24)23-15-7-4-8-16-23/h3,5-6,9-10,18H,4,7-8,11-16H2,1-2H3,(H,21,24). The Bertz CT molecular complexity index is 529. The van der Waals surface area contributed by atoms with Crippen molar-refractivity contribution in [3.05, 3.63) is 35.9 Å². The Morgan fingerprint density at radius 2 is 1.71 bits per heavy atom. The second kappa shape index (κ2) is 7.56. The van der Waals surface area contributed by atoms with Crippen LogP contribution in [0, 0.1) is 0 Å². The van der Waals surface area contributed by atoms with Crippen LogP contribution in [0.1, 0.15) is 50.5 Å². The van der Waals surface area contributed by atoms with E-state index in [9.17, 15) is 4.79 Å². The van der Waals surface area contributed by atoms with Crippen LogP contribution in [0.2, 0.25) is 0 Å². The molecule has 1 aromatic carbocycles. The summed E-state index contributed by atoms with van der Waals surface area (Å²) in [6.07, 6.45) is 7.84. The van der Waals surface area contributed by atoms with Gasteiger partial charge in [-0.2, -0.15) is 0 Å². The maximum atomic E-state index is 12.4. The minimum Gasteiger partial charge on any atom is -0.335 e. The molecule has 1 aliphatic heterocycles. The van der Waals surface area contributed by atoms with Crippen LogP contribution in [-0.4, -0.2) is 49.1 Å². The molecule has 1 N–H and O–H groups in total. The Morgan fingerprint density at radius 3 is 2.29 bits per heavy atom. The van der Waals surface area contributed by atoms with Crippen molar-refractivity contribution in [2.24, 2.45) is 0 Å². The van der Waals surface area contributed by atoms with Gasteiger partial charge < -0.3 is 10.2 Å². The number of nitrogens with zero attached hydrogens (tertiary/aromatic N) is 2. The molecule has 0 unspecified atom stereocenters. The summed E-state index contributed by atoms with van der Waals surface area (Å²) >= 11 is 0. The molecule has 0 bridgehead atoms. The lowest BCUT2D eigenvalue weighted by molar-refractivity contribution is 0.0850. The molecule has 1 heterocycles. The fourth-order valence-electron chi connectivity index (χ4n) is 4.35. The smallest absolute Gasteiger partial charge is 0.317 e. The third-order valence-electron chi connectivity index (χ3n) is 5.95. The first-order valence-electron chi connectivity index (χ1n) is 9.40. The first-order valence-corrected chi connectivity index (χ1v) is 9.40. The van der Waals surface area contributed by atoms with E-state index < -0.39 is 0 Å². The van der Waals surface area contributed by atoms with Gasteiger partial charge in [-0.15, -0.1) is 0 Å². The summed E-state index contributed by atoms with van der Waals surface area (Å²) in [5.74, 6) is 0. The van der Waals surface area contributed by atoms with Crippen LogP contribution in [0.5, 0.6) is 0 Å². The summed E-state index contributed by atoms with van der Waals surface area (Å²) in [5.41, 5.74) is 1.50. The van der Waals surface area contributed by atoms with E-state index in [1.54, 1.807) is 0 Å². The lowest BCUT2D eigenvalue weighted by atomic mass is 9.74. The topological polar surface area (TPSA) is 35.6 Å². The van der Waals surface area contributed by atoms with Crippen LogP contribution in [0.15, 0.2) is 30.3 Å². The van der Waals surface area contributed by atoms with Gasteiger partial charge in [-0.1, -0.05) is 30.3 Å². The highest BCUT2D eigenvalue weighted by Gasteiger charge is 2.39. The van der Waals surface area contributed by atoms with E-state index in [-0.39, 0.29) is 11.6 Å². The van der Waals surface area contributed by atoms with Crippen molar-refractivity contribution >= 4 is 6.03 Å². The molecule has 1 saturated carbocycles. The summed E-state index contributed by atoms with van der Waals surface area (Å²) < 4.78 is 0. The zero-order valence-corrected chi connectivity index (χ0v) is 15.1. The highest BCUT2D eigenvalue weighted by Crippen LogP contribution is 2.41. The van der Waals surface area contributed by atoms with Crippen LogP contribution < -0.4 is 5.32 Å². The molecule has 24 heavy (non-hydrogen) atoms. The molecular formula is C20H31N3O. The van der Waals surface area contributed by atoms with Crippen molar-refractivity contribution in [2.75, 3.05) is 27.2 Å². The number of rotatable bonds is 3. The Hall–Kier alpha value is -1.55. The van der Waals surface area contributed by atoms with Gasteiger partial charge in [0.15, 0.2) is 0 Å². The SMILES string of the molecule is CN(C)C1(c2ccccc2)CCC(NC(=O)N2CCCCC2)CC1. The Labute approximate surface area is 146 Å². The van der Waals surface area contributed by atoms with E-state index >= 15 is 0 Å². The molecule has 0 spiro atoms. The van der Waals surface area contributed by atoms with Gasteiger partial charge >= 0.3 is 6.03 Å². The maximum Gasteiger partial charge on any atom is 0.317 e. The fourth-order valence-corrected chi connectivity index (χ4v) is 4.35. The molecular weight excluding hydrogens is 298 g/mol. The highest BCUT2D eigenvalue weighted by atomic mass is 16.2. The zero-order valence-electron chi connectivity index (χ0n) is 15.1. The van der Waals surface area contributed by atoms with Gasteiger partial charge in [0.2, 0.25) is 0 Å². The van der Waals surface area contributed by atoms with Gasteiger partial charge in [-0.25, -0.2) is 4.79 Å². The van der Waals surface area contributed by atoms with Crippen molar-refractivity contribution in [1.82, 2.24) is 15.1 Å². The number of nitrogens with one attached hydrogen (secondary N) is 1. The Kier molecular flexibility index (Phi) is 5.44. The maximum absolute atomic E-state index is 12.4. The summed E-state index contributed by atoms with van der Waals surface area (Å²) in [6, 6.07) is 11.3. The predicted octanol–water partition coefficient (Wildman–Crippen LogP) is 3.58. The molecule has 4 nitrogen and oxygen atoms in total. The van der Waals surface area contributed by atoms with Gasteiger partial charge in [0.05, 0.1) is 0 Å². The van der Waals surface area contributed by atoms with Crippen LogP contribution in [0.3, 0.4) is 0 Å². The molecule has 0 radical (unpaired) electrons. The normalized spacial score (nSPS) is 28.0. The minimum absolute atomic E-state index is 0.105. The molecule has 2 aliphatic rings. The van der Waals surface area contributed by atoms with Crippen molar-refractivity contribution in [2.45, 2.75) is 56.5 Å². The number of hydrogen-bond acceptors (Lipinski definition) is 2. The molecule has 4 heteroatoms. The van der Waals surface area contributed by atoms with Crippen LogP contribution in [0.4, 0.5) is 4.79 Å². The summed E-state index contributed by atoms with van der Waals surface area (Å²) in [5, 5.41) is 3.29. The number of likely N-dealkylation sites (tertiary alicyclic amines) is 1. The average molecular weight is 329 g/mol. The van der Waals surface area contributed by atoms with Crippen molar-refractivity contribution in [1.29, 1.82) is 0 Å². The van der Waals surface area contributed by atoms with Gasteiger partial charge in [0.1, 0.15) is 0 Å². The van der Waals surface area contributed by atoms with Gasteiger partial charge in [0, 0.05) is 24.7 Å². The first kappa shape index (κ1) is 17.3. The minimum atomic E-state index is 0.105. The number of piperidine rings is 1. The molecule has 2 fully saturated rings. The van der Waals surface area contributed by atoms with E-state index in [4.69, 9.17) is 0 Å². The van der Waals surface area contributed by atoms with Crippen molar-refractivity contribution in [3.63, 3.8) is 0 Å². The molecule has 0 atom stereocenters. The van der Waals surface area contributed by atoms with Crippen LogP contribution >= 0.6 is 0 Å². The molecule has 132 valence electrons. The average Bonchev–Trinajstić information content (AvgIpc) is 2.63. The summed E-state index contributed by atoms with van der Waals surface area (Å²) in [4.78, 5) is 16.8. The Morgan fingerprint density at radius 1 is 1.08 bits per heavy atom. The van der Waals surface area contributed by atoms with E-state index in [2.05, 4.69) is 54.6 Å². The highest BCUT2D eigenvalue weighted by molar-refractivity contribution is 5.74. The zero-order chi connectivity index (χ0) is 17.0. The monoisotopic (exact) mass is 329 g/mol. The van der Waals surface area contributed by atoms with Gasteiger partial charge in [-0.05, 0) is 64.6 Å².